The van der Waals surface area contributed by atoms with Crippen LogP contribution in [0, 0.1) is 12.8 Å². The lowest BCUT2D eigenvalue weighted by atomic mass is 9.64. The van der Waals surface area contributed by atoms with Gasteiger partial charge in [0.1, 0.15) is 5.41 Å². The zero-order valence-electron chi connectivity index (χ0n) is 20.2. The number of hydrogen-bond acceptors (Lipinski definition) is 4. The van der Waals surface area contributed by atoms with Gasteiger partial charge < -0.3 is 10.2 Å². The fourth-order valence-corrected chi connectivity index (χ4v) is 6.62. The standard InChI is InChI=1S/C30H25ClN2O3/c1-16-8-13-24-21(14-16)17(2)15-25-30(22-6-4-5-7-23(22)32-29(30)36)26(27(18(3)34)33(24)25)28(35)19-9-11-20(31)12-10-19/h4-15,25-27H,1-3H3,(H,32,36). The summed E-state index contributed by atoms with van der Waals surface area (Å²) >= 11 is 6.10. The van der Waals surface area contributed by atoms with Crippen LogP contribution in [0.4, 0.5) is 11.4 Å². The second-order valence-electron chi connectivity index (χ2n) is 10.00. The summed E-state index contributed by atoms with van der Waals surface area (Å²) in [5.74, 6) is -1.58. The first-order valence-corrected chi connectivity index (χ1v) is 12.4. The van der Waals surface area contributed by atoms with Gasteiger partial charge in [0.05, 0.1) is 18.0 Å². The van der Waals surface area contributed by atoms with Gasteiger partial charge in [-0.3, -0.25) is 14.4 Å². The number of carbonyl (C=O) groups excluding carboxylic acids is 3. The lowest BCUT2D eigenvalue weighted by Crippen LogP contribution is -2.51. The van der Waals surface area contributed by atoms with E-state index < -0.39 is 23.4 Å². The van der Waals surface area contributed by atoms with Crippen molar-refractivity contribution in [3.05, 3.63) is 100 Å². The Hall–Kier alpha value is -3.70. The average Bonchev–Trinajstić information content (AvgIpc) is 3.32. The van der Waals surface area contributed by atoms with E-state index in [1.807, 2.05) is 55.1 Å². The smallest absolute Gasteiger partial charge is 0.238 e. The van der Waals surface area contributed by atoms with Crippen LogP contribution in [0.3, 0.4) is 0 Å². The number of halogens is 1. The van der Waals surface area contributed by atoms with Gasteiger partial charge in [-0.05, 0) is 74.4 Å². The summed E-state index contributed by atoms with van der Waals surface area (Å²) in [6.07, 6.45) is 2.06. The third-order valence-corrected chi connectivity index (χ3v) is 8.21. The van der Waals surface area contributed by atoms with E-state index in [2.05, 4.69) is 17.5 Å². The molecule has 3 aliphatic heterocycles. The van der Waals surface area contributed by atoms with Crippen LogP contribution in [0.15, 0.2) is 72.8 Å². The number of Topliss-reactive ketones (excluding diaryl/α,β-unsaturated/α-hetero) is 2. The highest BCUT2D eigenvalue weighted by atomic mass is 35.5. The maximum Gasteiger partial charge on any atom is 0.238 e. The molecule has 1 spiro atoms. The summed E-state index contributed by atoms with van der Waals surface area (Å²) in [4.78, 5) is 43.9. The number of para-hydroxylation sites is 1. The van der Waals surface area contributed by atoms with Crippen molar-refractivity contribution in [2.75, 3.05) is 10.2 Å². The molecule has 3 aliphatic rings. The second-order valence-corrected chi connectivity index (χ2v) is 10.4. The average molecular weight is 497 g/mol. The highest BCUT2D eigenvalue weighted by molar-refractivity contribution is 6.30. The molecule has 0 bridgehead atoms. The minimum atomic E-state index is -1.27. The molecule has 3 aromatic rings. The number of benzene rings is 3. The molecular formula is C30H25ClN2O3. The Morgan fingerprint density at radius 2 is 1.72 bits per heavy atom. The molecule has 4 unspecified atom stereocenters. The van der Waals surface area contributed by atoms with Gasteiger partial charge in [-0.15, -0.1) is 0 Å². The molecule has 36 heavy (non-hydrogen) atoms. The third-order valence-electron chi connectivity index (χ3n) is 7.96. The Labute approximate surface area is 214 Å². The number of nitrogens with zero attached hydrogens (tertiary/aromatic N) is 1. The van der Waals surface area contributed by atoms with E-state index in [0.29, 0.717) is 16.3 Å². The van der Waals surface area contributed by atoms with Gasteiger partial charge >= 0.3 is 0 Å². The van der Waals surface area contributed by atoms with Gasteiger partial charge in [-0.1, -0.05) is 47.5 Å². The number of ketones is 2. The van der Waals surface area contributed by atoms with E-state index in [1.54, 1.807) is 24.3 Å². The van der Waals surface area contributed by atoms with Gasteiger partial charge in [-0.2, -0.15) is 0 Å². The van der Waals surface area contributed by atoms with Gasteiger partial charge in [0.15, 0.2) is 11.6 Å². The first-order valence-electron chi connectivity index (χ1n) is 12.0. The van der Waals surface area contributed by atoms with E-state index in [-0.39, 0.29) is 17.5 Å². The van der Waals surface area contributed by atoms with Crippen molar-refractivity contribution in [3.63, 3.8) is 0 Å². The van der Waals surface area contributed by atoms with Crippen LogP contribution in [0.25, 0.3) is 5.57 Å². The monoisotopic (exact) mass is 496 g/mol. The van der Waals surface area contributed by atoms with Crippen LogP contribution in [-0.4, -0.2) is 29.6 Å². The van der Waals surface area contributed by atoms with Crippen molar-refractivity contribution in [2.24, 2.45) is 5.92 Å². The lowest BCUT2D eigenvalue weighted by Gasteiger charge is -2.39. The molecule has 0 radical (unpaired) electrons. The summed E-state index contributed by atoms with van der Waals surface area (Å²) in [6, 6.07) is 19.0. The molecule has 1 fully saturated rings. The van der Waals surface area contributed by atoms with Crippen molar-refractivity contribution in [1.29, 1.82) is 0 Å². The number of amides is 1. The highest BCUT2D eigenvalue weighted by Crippen LogP contribution is 2.58. The number of anilines is 2. The van der Waals surface area contributed by atoms with Crippen molar-refractivity contribution < 1.29 is 14.4 Å². The Bertz CT molecular complexity index is 1490. The molecule has 0 saturated carbocycles. The quantitative estimate of drug-likeness (QED) is 0.479. The van der Waals surface area contributed by atoms with Crippen LogP contribution < -0.4 is 10.2 Å². The Morgan fingerprint density at radius 1 is 1.00 bits per heavy atom. The van der Waals surface area contributed by atoms with E-state index >= 15 is 0 Å². The molecule has 0 aromatic heterocycles. The summed E-state index contributed by atoms with van der Waals surface area (Å²) in [5.41, 5.74) is 4.60. The van der Waals surface area contributed by atoms with Crippen molar-refractivity contribution in [3.8, 4) is 0 Å². The molecule has 3 aromatic carbocycles. The molecule has 5 nitrogen and oxygen atoms in total. The van der Waals surface area contributed by atoms with E-state index in [4.69, 9.17) is 11.6 Å². The summed E-state index contributed by atoms with van der Waals surface area (Å²) in [7, 11) is 0. The number of carbonyl (C=O) groups is 3. The fraction of sp³-hybridized carbons (Fsp3) is 0.233. The molecule has 1 saturated heterocycles. The van der Waals surface area contributed by atoms with E-state index in [0.717, 1.165) is 28.0 Å². The number of aryl methyl sites for hydroxylation is 1. The molecule has 6 rings (SSSR count). The van der Waals surface area contributed by atoms with Crippen molar-refractivity contribution >= 4 is 46.0 Å². The Kier molecular flexibility index (Phi) is 4.99. The molecule has 1 N–H and O–H groups in total. The summed E-state index contributed by atoms with van der Waals surface area (Å²) in [5, 5.41) is 3.55. The van der Waals surface area contributed by atoms with Gasteiger partial charge in [0, 0.05) is 27.5 Å². The molecular weight excluding hydrogens is 472 g/mol. The summed E-state index contributed by atoms with van der Waals surface area (Å²) < 4.78 is 0. The van der Waals surface area contributed by atoms with Gasteiger partial charge in [0.25, 0.3) is 0 Å². The van der Waals surface area contributed by atoms with Crippen molar-refractivity contribution in [1.82, 2.24) is 0 Å². The van der Waals surface area contributed by atoms with Gasteiger partial charge in [0.2, 0.25) is 5.91 Å². The topological polar surface area (TPSA) is 66.5 Å². The van der Waals surface area contributed by atoms with Crippen LogP contribution in [-0.2, 0) is 15.0 Å². The highest BCUT2D eigenvalue weighted by Gasteiger charge is 2.70. The zero-order valence-corrected chi connectivity index (χ0v) is 21.0. The maximum atomic E-state index is 14.4. The lowest BCUT2D eigenvalue weighted by molar-refractivity contribution is -0.122. The Morgan fingerprint density at radius 3 is 2.44 bits per heavy atom. The number of fused-ring (bicyclic) bond motifs is 6. The zero-order chi connectivity index (χ0) is 25.4. The van der Waals surface area contributed by atoms with Crippen molar-refractivity contribution in [2.45, 2.75) is 38.3 Å². The molecule has 1 amide bonds. The molecule has 180 valence electrons. The predicted octanol–water partition coefficient (Wildman–Crippen LogP) is 5.60. The first kappa shape index (κ1) is 22.7. The number of hydrogen-bond donors (Lipinski definition) is 1. The first-order chi connectivity index (χ1) is 17.2. The molecule has 3 heterocycles. The molecule has 0 aliphatic carbocycles. The fourth-order valence-electron chi connectivity index (χ4n) is 6.49. The van der Waals surface area contributed by atoms with Gasteiger partial charge in [-0.25, -0.2) is 0 Å². The number of allylic oxidation sites excluding steroid dienone is 1. The van der Waals surface area contributed by atoms with Crippen LogP contribution in [0.2, 0.25) is 5.02 Å². The Balaban J connectivity index is 1.68. The molecule has 6 heteroatoms. The van der Waals surface area contributed by atoms with Crippen LogP contribution in [0.5, 0.6) is 0 Å². The normalized spacial score (nSPS) is 25.7. The number of nitrogens with one attached hydrogen (secondary N) is 1. The SMILES string of the molecule is CC(=O)C1C(C(=O)c2ccc(Cl)cc2)C2(C(=O)Nc3ccccc32)C2C=C(C)c3cc(C)ccc3N12. The minimum Gasteiger partial charge on any atom is -0.352 e. The van der Waals surface area contributed by atoms with E-state index in [1.165, 1.54) is 6.92 Å². The van der Waals surface area contributed by atoms with Crippen LogP contribution in [0.1, 0.15) is 40.9 Å². The minimum absolute atomic E-state index is 0.152. The summed E-state index contributed by atoms with van der Waals surface area (Å²) in [6.45, 7) is 5.57. The largest absolute Gasteiger partial charge is 0.352 e. The third kappa shape index (κ3) is 2.93. The maximum absolute atomic E-state index is 14.4. The molecule has 4 atom stereocenters. The van der Waals surface area contributed by atoms with E-state index in [9.17, 15) is 14.4 Å². The predicted molar refractivity (Wildman–Crippen MR) is 142 cm³/mol. The number of rotatable bonds is 3. The second kappa shape index (κ2) is 7.90. The van der Waals surface area contributed by atoms with Crippen LogP contribution >= 0.6 is 11.6 Å².